The van der Waals surface area contributed by atoms with Crippen molar-refractivity contribution in [1.29, 1.82) is 0 Å². The Bertz CT molecular complexity index is 253. The van der Waals surface area contributed by atoms with Gasteiger partial charge in [0.1, 0.15) is 0 Å². The molecular formula is C12H22N2OS. The van der Waals surface area contributed by atoms with Crippen molar-refractivity contribution in [3.63, 3.8) is 0 Å². The number of hydrogen-bond acceptors (Lipinski definition) is 3. The molecule has 2 rings (SSSR count). The molecule has 3 nitrogen and oxygen atoms in total. The molecule has 4 unspecified atom stereocenters. The van der Waals surface area contributed by atoms with Gasteiger partial charge in [0, 0.05) is 17.7 Å². The molecule has 1 aliphatic carbocycles. The number of carbonyl (C=O) groups excluding carboxylic acids is 1. The number of amides is 1. The summed E-state index contributed by atoms with van der Waals surface area (Å²) in [6.45, 7) is 4.53. The van der Waals surface area contributed by atoms with Crippen LogP contribution in [0.25, 0.3) is 0 Å². The zero-order chi connectivity index (χ0) is 11.5. The maximum absolute atomic E-state index is 12.0. The lowest BCUT2D eigenvalue weighted by molar-refractivity contribution is -0.123. The van der Waals surface area contributed by atoms with Crippen molar-refractivity contribution in [2.75, 3.05) is 11.6 Å². The van der Waals surface area contributed by atoms with Crippen molar-refractivity contribution in [1.82, 2.24) is 10.6 Å². The molecule has 0 aromatic rings. The van der Waals surface area contributed by atoms with Crippen LogP contribution in [0.3, 0.4) is 0 Å². The Balaban J connectivity index is 1.83. The van der Waals surface area contributed by atoms with Crippen molar-refractivity contribution in [3.05, 3.63) is 0 Å². The minimum atomic E-state index is 0.0397. The Labute approximate surface area is 102 Å². The molecule has 2 aliphatic rings. The Morgan fingerprint density at radius 3 is 2.88 bits per heavy atom. The first-order valence-electron chi connectivity index (χ1n) is 6.34. The zero-order valence-electron chi connectivity index (χ0n) is 10.2. The summed E-state index contributed by atoms with van der Waals surface area (Å²) in [5.41, 5.74) is 0. The third-order valence-corrected chi connectivity index (χ3v) is 5.05. The summed E-state index contributed by atoms with van der Waals surface area (Å²) in [6.07, 6.45) is 3.67. The van der Waals surface area contributed by atoms with Gasteiger partial charge in [0.2, 0.25) is 5.91 Å². The molecule has 16 heavy (non-hydrogen) atoms. The molecule has 1 aliphatic heterocycles. The summed E-state index contributed by atoms with van der Waals surface area (Å²) in [5.74, 6) is 3.48. The van der Waals surface area contributed by atoms with E-state index in [0.717, 1.165) is 24.0 Å². The maximum Gasteiger partial charge on any atom is 0.238 e. The van der Waals surface area contributed by atoms with E-state index in [4.69, 9.17) is 0 Å². The Morgan fingerprint density at radius 1 is 1.50 bits per heavy atom. The summed E-state index contributed by atoms with van der Waals surface area (Å²) in [4.78, 5) is 12.0. The first-order valence-corrected chi connectivity index (χ1v) is 7.49. The fourth-order valence-electron chi connectivity index (χ4n) is 2.87. The molecule has 1 heterocycles. The van der Waals surface area contributed by atoms with Crippen LogP contribution in [0.4, 0.5) is 0 Å². The molecule has 2 fully saturated rings. The monoisotopic (exact) mass is 242 g/mol. The topological polar surface area (TPSA) is 41.1 Å². The molecule has 0 bridgehead atoms. The SMILES string of the molecule is CCC1CCC(NC(=O)C2CSCN2)C1C. The first-order chi connectivity index (χ1) is 7.72. The average molecular weight is 242 g/mol. The zero-order valence-corrected chi connectivity index (χ0v) is 11.0. The highest BCUT2D eigenvalue weighted by Crippen LogP contribution is 2.33. The number of hydrogen-bond donors (Lipinski definition) is 2. The maximum atomic E-state index is 12.0. The number of thioether (sulfide) groups is 1. The van der Waals surface area contributed by atoms with Crippen LogP contribution >= 0.6 is 11.8 Å². The lowest BCUT2D eigenvalue weighted by Gasteiger charge is -2.22. The smallest absolute Gasteiger partial charge is 0.238 e. The van der Waals surface area contributed by atoms with E-state index >= 15 is 0 Å². The Kier molecular flexibility index (Phi) is 4.14. The molecule has 0 aromatic heterocycles. The van der Waals surface area contributed by atoms with E-state index in [0.29, 0.717) is 12.0 Å². The van der Waals surface area contributed by atoms with Crippen molar-refractivity contribution in [3.8, 4) is 0 Å². The molecule has 4 heteroatoms. The largest absolute Gasteiger partial charge is 0.352 e. The molecule has 4 atom stereocenters. The predicted octanol–water partition coefficient (Wildman–Crippen LogP) is 1.59. The van der Waals surface area contributed by atoms with Crippen LogP contribution < -0.4 is 10.6 Å². The van der Waals surface area contributed by atoms with Crippen molar-refractivity contribution in [2.45, 2.75) is 45.2 Å². The van der Waals surface area contributed by atoms with E-state index in [1.807, 2.05) is 0 Å². The molecule has 0 spiro atoms. The van der Waals surface area contributed by atoms with Gasteiger partial charge in [-0.1, -0.05) is 20.3 Å². The van der Waals surface area contributed by atoms with E-state index in [1.54, 1.807) is 11.8 Å². The quantitative estimate of drug-likeness (QED) is 0.789. The lowest BCUT2D eigenvalue weighted by atomic mass is 9.93. The van der Waals surface area contributed by atoms with E-state index in [-0.39, 0.29) is 11.9 Å². The summed E-state index contributed by atoms with van der Waals surface area (Å²) >= 11 is 1.80. The van der Waals surface area contributed by atoms with E-state index in [1.165, 1.54) is 12.8 Å². The van der Waals surface area contributed by atoms with E-state index in [2.05, 4.69) is 24.5 Å². The highest BCUT2D eigenvalue weighted by molar-refractivity contribution is 7.99. The van der Waals surface area contributed by atoms with E-state index < -0.39 is 0 Å². The molecule has 1 amide bonds. The van der Waals surface area contributed by atoms with Crippen LogP contribution in [-0.4, -0.2) is 29.6 Å². The van der Waals surface area contributed by atoms with E-state index in [9.17, 15) is 4.79 Å². The van der Waals surface area contributed by atoms with Gasteiger partial charge in [0.05, 0.1) is 6.04 Å². The highest BCUT2D eigenvalue weighted by Gasteiger charge is 2.34. The lowest BCUT2D eigenvalue weighted by Crippen LogP contribution is -2.47. The molecule has 92 valence electrons. The van der Waals surface area contributed by atoms with Gasteiger partial charge in [0.15, 0.2) is 0 Å². The third-order valence-electron chi connectivity index (χ3n) is 4.11. The van der Waals surface area contributed by atoms with Gasteiger partial charge in [-0.05, 0) is 24.7 Å². The predicted molar refractivity (Wildman–Crippen MR) is 68.4 cm³/mol. The van der Waals surface area contributed by atoms with Gasteiger partial charge in [-0.15, -0.1) is 11.8 Å². The second-order valence-electron chi connectivity index (χ2n) is 4.99. The molecule has 1 saturated heterocycles. The fourth-order valence-corrected chi connectivity index (χ4v) is 3.82. The normalized spacial score (nSPS) is 38.9. The van der Waals surface area contributed by atoms with Gasteiger partial charge in [0.25, 0.3) is 0 Å². The average Bonchev–Trinajstić information content (AvgIpc) is 2.89. The molecule has 2 N–H and O–H groups in total. The highest BCUT2D eigenvalue weighted by atomic mass is 32.2. The van der Waals surface area contributed by atoms with Gasteiger partial charge < -0.3 is 5.32 Å². The van der Waals surface area contributed by atoms with Crippen LogP contribution in [0, 0.1) is 11.8 Å². The second-order valence-corrected chi connectivity index (χ2v) is 6.02. The summed E-state index contributed by atoms with van der Waals surface area (Å²) < 4.78 is 0. The third kappa shape index (κ3) is 2.54. The summed E-state index contributed by atoms with van der Waals surface area (Å²) in [6, 6.07) is 0.447. The fraction of sp³-hybridized carbons (Fsp3) is 0.917. The van der Waals surface area contributed by atoms with Crippen molar-refractivity contribution >= 4 is 17.7 Å². The Hall–Kier alpha value is -0.220. The van der Waals surface area contributed by atoms with Crippen molar-refractivity contribution in [2.24, 2.45) is 11.8 Å². The second kappa shape index (κ2) is 5.41. The summed E-state index contributed by atoms with van der Waals surface area (Å²) in [5, 5.41) is 6.44. The summed E-state index contributed by atoms with van der Waals surface area (Å²) in [7, 11) is 0. The molecule has 0 radical (unpaired) electrons. The molecular weight excluding hydrogens is 220 g/mol. The van der Waals surface area contributed by atoms with Crippen LogP contribution in [-0.2, 0) is 4.79 Å². The van der Waals surface area contributed by atoms with Crippen molar-refractivity contribution < 1.29 is 4.79 Å². The molecule has 0 aromatic carbocycles. The first kappa shape index (κ1) is 12.2. The van der Waals surface area contributed by atoms with Crippen LogP contribution in [0.1, 0.15) is 33.1 Å². The Morgan fingerprint density at radius 2 is 2.31 bits per heavy atom. The van der Waals surface area contributed by atoms with Gasteiger partial charge >= 0.3 is 0 Å². The minimum absolute atomic E-state index is 0.0397. The number of rotatable bonds is 3. The standard InChI is InChI=1S/C12H22N2OS/c1-3-9-4-5-10(8(9)2)14-12(15)11-6-16-7-13-11/h8-11,13H,3-7H2,1-2H3,(H,14,15). The minimum Gasteiger partial charge on any atom is -0.352 e. The van der Waals surface area contributed by atoms with Crippen LogP contribution in [0.2, 0.25) is 0 Å². The van der Waals surface area contributed by atoms with Crippen LogP contribution in [0.5, 0.6) is 0 Å². The van der Waals surface area contributed by atoms with Crippen LogP contribution in [0.15, 0.2) is 0 Å². The van der Waals surface area contributed by atoms with Gasteiger partial charge in [-0.25, -0.2) is 0 Å². The number of carbonyl (C=O) groups is 1. The number of nitrogens with one attached hydrogen (secondary N) is 2. The van der Waals surface area contributed by atoms with Gasteiger partial charge in [-0.2, -0.15) is 0 Å². The molecule has 1 saturated carbocycles. The van der Waals surface area contributed by atoms with Gasteiger partial charge in [-0.3, -0.25) is 10.1 Å².